The van der Waals surface area contributed by atoms with Gasteiger partial charge in [0.1, 0.15) is 17.7 Å². The third-order valence-corrected chi connectivity index (χ3v) is 3.61. The van der Waals surface area contributed by atoms with Gasteiger partial charge in [0, 0.05) is 11.6 Å². The second kappa shape index (κ2) is 6.04. The number of unbranched alkanes of at least 4 members (excludes halogenated alkanes) is 1. The lowest BCUT2D eigenvalue weighted by Gasteiger charge is -2.11. The smallest absolute Gasteiger partial charge is 0.133 e. The van der Waals surface area contributed by atoms with Gasteiger partial charge < -0.3 is 0 Å². The van der Waals surface area contributed by atoms with Crippen LogP contribution in [0.4, 0.5) is 8.78 Å². The monoisotopic (exact) mass is 265 g/mol. The molecule has 1 aromatic carbocycles. The van der Waals surface area contributed by atoms with Crippen LogP contribution in [0, 0.1) is 16.5 Å². The van der Waals surface area contributed by atoms with Crippen LogP contribution in [0.15, 0.2) is 28.9 Å². The summed E-state index contributed by atoms with van der Waals surface area (Å²) < 4.78 is 26.9. The molecule has 0 aliphatic heterocycles. The van der Waals surface area contributed by atoms with Gasteiger partial charge in [-0.1, -0.05) is 24.1 Å². The van der Waals surface area contributed by atoms with Crippen molar-refractivity contribution in [2.75, 3.05) is 0 Å². The summed E-state index contributed by atoms with van der Waals surface area (Å²) in [6.45, 7) is 2.09. The number of nitroso groups, excluding NO2 is 1. The molecule has 0 fully saturated rings. The lowest BCUT2D eigenvalue weighted by molar-refractivity contribution is 0.580. The van der Waals surface area contributed by atoms with E-state index in [1.54, 1.807) is 0 Å². The van der Waals surface area contributed by atoms with E-state index in [0.717, 1.165) is 37.3 Å². The minimum Gasteiger partial charge on any atom is -0.207 e. The fourth-order valence-corrected chi connectivity index (χ4v) is 2.66. The lowest BCUT2D eigenvalue weighted by atomic mass is 9.96. The Labute approximate surface area is 111 Å². The number of rotatable bonds is 5. The molecule has 0 N–H and O–H groups in total. The van der Waals surface area contributed by atoms with Crippen LogP contribution in [0.3, 0.4) is 0 Å². The molecule has 19 heavy (non-hydrogen) atoms. The molecule has 0 spiro atoms. The Balaban J connectivity index is 2.42. The van der Waals surface area contributed by atoms with Crippen LogP contribution in [0.1, 0.15) is 44.6 Å². The van der Waals surface area contributed by atoms with Crippen molar-refractivity contribution < 1.29 is 8.78 Å². The van der Waals surface area contributed by atoms with Crippen molar-refractivity contribution in [2.24, 2.45) is 5.18 Å². The van der Waals surface area contributed by atoms with Gasteiger partial charge in [-0.2, -0.15) is 4.91 Å². The molecule has 102 valence electrons. The van der Waals surface area contributed by atoms with Crippen molar-refractivity contribution in [3.8, 4) is 0 Å². The minimum absolute atomic E-state index is 0.328. The first kappa shape index (κ1) is 13.8. The molecule has 1 unspecified atom stereocenters. The van der Waals surface area contributed by atoms with Crippen LogP contribution in [0.2, 0.25) is 0 Å². The van der Waals surface area contributed by atoms with Gasteiger partial charge in [0.05, 0.1) is 0 Å². The van der Waals surface area contributed by atoms with Gasteiger partial charge >= 0.3 is 0 Å². The number of hydrogen-bond acceptors (Lipinski definition) is 2. The number of allylic oxidation sites excluding steroid dienone is 1. The fraction of sp³-hybridized carbons (Fsp3) is 0.467. The molecule has 4 heteroatoms. The van der Waals surface area contributed by atoms with Crippen molar-refractivity contribution in [3.05, 3.63) is 45.9 Å². The van der Waals surface area contributed by atoms with Gasteiger partial charge in [0.2, 0.25) is 0 Å². The summed E-state index contributed by atoms with van der Waals surface area (Å²) in [6.07, 6.45) is 4.32. The van der Waals surface area contributed by atoms with Crippen molar-refractivity contribution in [1.82, 2.24) is 0 Å². The number of nitrogens with zero attached hydrogens (tertiary/aromatic N) is 1. The molecule has 1 aliphatic carbocycles. The van der Waals surface area contributed by atoms with Gasteiger partial charge in [0.15, 0.2) is 0 Å². The molecule has 1 aromatic rings. The van der Waals surface area contributed by atoms with E-state index in [1.165, 1.54) is 12.1 Å². The van der Waals surface area contributed by atoms with Crippen molar-refractivity contribution in [3.63, 3.8) is 0 Å². The summed E-state index contributed by atoms with van der Waals surface area (Å²) >= 11 is 0. The fourth-order valence-electron chi connectivity index (χ4n) is 2.66. The minimum atomic E-state index is -0.612. The standard InChI is InChI=1S/C15H17F2NO/c1-2-3-4-10-5-8-14(18-19)15(10)12-7-6-11(16)9-13(12)17/h6-7,9,14H,2-5,8H2,1H3. The molecular weight excluding hydrogens is 248 g/mol. The molecule has 0 heterocycles. The number of benzene rings is 1. The van der Waals surface area contributed by atoms with E-state index in [0.29, 0.717) is 17.6 Å². The normalized spacial score (nSPS) is 19.0. The molecule has 1 aliphatic rings. The maximum Gasteiger partial charge on any atom is 0.133 e. The van der Waals surface area contributed by atoms with Gasteiger partial charge in [0.25, 0.3) is 0 Å². The Hall–Kier alpha value is -1.58. The zero-order valence-corrected chi connectivity index (χ0v) is 11.0. The Morgan fingerprint density at radius 3 is 2.79 bits per heavy atom. The molecule has 0 radical (unpaired) electrons. The highest BCUT2D eigenvalue weighted by atomic mass is 19.1. The van der Waals surface area contributed by atoms with Crippen LogP contribution in [0.5, 0.6) is 0 Å². The lowest BCUT2D eigenvalue weighted by Crippen LogP contribution is -2.04. The average molecular weight is 265 g/mol. The molecule has 0 amide bonds. The zero-order valence-electron chi connectivity index (χ0n) is 11.0. The molecule has 0 saturated heterocycles. The van der Waals surface area contributed by atoms with Crippen LogP contribution in [-0.4, -0.2) is 6.04 Å². The third kappa shape index (κ3) is 2.88. The van der Waals surface area contributed by atoms with Gasteiger partial charge in [-0.3, -0.25) is 0 Å². The van der Waals surface area contributed by atoms with Gasteiger partial charge in [-0.25, -0.2) is 8.78 Å². The Morgan fingerprint density at radius 1 is 1.37 bits per heavy atom. The maximum atomic E-state index is 13.9. The van der Waals surface area contributed by atoms with E-state index in [4.69, 9.17) is 0 Å². The largest absolute Gasteiger partial charge is 0.207 e. The molecular formula is C15H17F2NO. The zero-order chi connectivity index (χ0) is 13.8. The highest BCUT2D eigenvalue weighted by molar-refractivity contribution is 5.75. The predicted molar refractivity (Wildman–Crippen MR) is 71.6 cm³/mol. The molecule has 0 bridgehead atoms. The SMILES string of the molecule is CCCCC1=C(c2ccc(F)cc2F)C(N=O)CC1. The van der Waals surface area contributed by atoms with E-state index in [2.05, 4.69) is 12.1 Å². The summed E-state index contributed by atoms with van der Waals surface area (Å²) in [5.74, 6) is -1.22. The van der Waals surface area contributed by atoms with E-state index >= 15 is 0 Å². The Morgan fingerprint density at radius 2 is 2.16 bits per heavy atom. The summed E-state index contributed by atoms with van der Waals surface area (Å²) in [7, 11) is 0. The van der Waals surface area contributed by atoms with E-state index in [1.807, 2.05) is 0 Å². The molecule has 0 aromatic heterocycles. The quantitative estimate of drug-likeness (QED) is 0.700. The van der Waals surface area contributed by atoms with E-state index in [-0.39, 0.29) is 0 Å². The number of hydrogen-bond donors (Lipinski definition) is 0. The van der Waals surface area contributed by atoms with Crippen molar-refractivity contribution >= 4 is 5.57 Å². The Bertz CT molecular complexity index is 511. The number of halogens is 2. The maximum absolute atomic E-state index is 13.9. The van der Waals surface area contributed by atoms with Crippen molar-refractivity contribution in [1.29, 1.82) is 0 Å². The third-order valence-electron chi connectivity index (χ3n) is 3.61. The summed E-state index contributed by atoms with van der Waals surface area (Å²) in [5.41, 5.74) is 2.10. The molecule has 2 nitrogen and oxygen atoms in total. The first-order valence-corrected chi connectivity index (χ1v) is 6.67. The second-order valence-electron chi connectivity index (χ2n) is 4.90. The second-order valence-corrected chi connectivity index (χ2v) is 4.90. The van der Waals surface area contributed by atoms with Crippen LogP contribution in [-0.2, 0) is 0 Å². The predicted octanol–water partition coefficient (Wildman–Crippen LogP) is 4.84. The first-order chi connectivity index (χ1) is 9.17. The van der Waals surface area contributed by atoms with Gasteiger partial charge in [-0.05, 0) is 43.4 Å². The topological polar surface area (TPSA) is 29.4 Å². The van der Waals surface area contributed by atoms with E-state index < -0.39 is 17.7 Å². The van der Waals surface area contributed by atoms with Crippen LogP contribution >= 0.6 is 0 Å². The summed E-state index contributed by atoms with van der Waals surface area (Å²) in [6, 6.07) is 3.00. The summed E-state index contributed by atoms with van der Waals surface area (Å²) in [4.78, 5) is 10.9. The van der Waals surface area contributed by atoms with Gasteiger partial charge in [-0.15, -0.1) is 0 Å². The molecule has 0 saturated carbocycles. The highest BCUT2D eigenvalue weighted by Gasteiger charge is 2.28. The van der Waals surface area contributed by atoms with Crippen molar-refractivity contribution in [2.45, 2.75) is 45.1 Å². The first-order valence-electron chi connectivity index (χ1n) is 6.67. The van der Waals surface area contributed by atoms with Crippen LogP contribution < -0.4 is 0 Å². The Kier molecular flexibility index (Phi) is 4.40. The molecule has 2 rings (SSSR count). The average Bonchev–Trinajstić information content (AvgIpc) is 2.79. The molecule has 1 atom stereocenters. The van der Waals surface area contributed by atoms with Crippen LogP contribution in [0.25, 0.3) is 5.57 Å². The summed E-state index contributed by atoms with van der Waals surface area (Å²) in [5, 5.41) is 3.10. The highest BCUT2D eigenvalue weighted by Crippen LogP contribution is 2.39. The van der Waals surface area contributed by atoms with E-state index in [9.17, 15) is 13.7 Å².